The zero-order valence-corrected chi connectivity index (χ0v) is 14.3. The van der Waals surface area contributed by atoms with Crippen molar-refractivity contribution in [2.75, 3.05) is 16.8 Å². The molecule has 1 saturated heterocycles. The van der Waals surface area contributed by atoms with Gasteiger partial charge in [-0.2, -0.15) is 0 Å². The van der Waals surface area contributed by atoms with Crippen LogP contribution in [0.1, 0.15) is 6.42 Å². The van der Waals surface area contributed by atoms with Crippen molar-refractivity contribution in [1.82, 2.24) is 9.38 Å². The average molecular weight is 361 g/mol. The molecule has 1 aliphatic rings. The molecule has 0 aliphatic carbocycles. The summed E-state index contributed by atoms with van der Waals surface area (Å²) in [6.45, 7) is 0. The zero-order valence-electron chi connectivity index (χ0n) is 12.7. The Morgan fingerprint density at radius 2 is 2.08 bits per heavy atom. The first-order valence-corrected chi connectivity index (χ1v) is 10.2. The SMILES string of the molecule is O=C(Nc1ccc(-c2cn3ccsc3n2)cc1)[C@H]1CCS(=O)(=O)C1. The number of benzene rings is 1. The van der Waals surface area contributed by atoms with Crippen molar-refractivity contribution in [3.8, 4) is 11.3 Å². The maximum absolute atomic E-state index is 12.2. The van der Waals surface area contributed by atoms with E-state index in [4.69, 9.17) is 0 Å². The second-order valence-corrected chi connectivity index (χ2v) is 8.99. The molecule has 8 heteroatoms. The van der Waals surface area contributed by atoms with Gasteiger partial charge in [-0.3, -0.25) is 9.20 Å². The fourth-order valence-corrected chi connectivity index (χ4v) is 5.28. The lowest BCUT2D eigenvalue weighted by Crippen LogP contribution is -2.23. The van der Waals surface area contributed by atoms with Crippen LogP contribution in [0.15, 0.2) is 42.0 Å². The number of amides is 1. The predicted octanol–water partition coefficient (Wildman–Crippen LogP) is 2.44. The van der Waals surface area contributed by atoms with E-state index >= 15 is 0 Å². The number of fused-ring (bicyclic) bond motifs is 1. The van der Waals surface area contributed by atoms with Crippen molar-refractivity contribution in [3.63, 3.8) is 0 Å². The van der Waals surface area contributed by atoms with Crippen LogP contribution in [0, 0.1) is 5.92 Å². The van der Waals surface area contributed by atoms with Crippen LogP contribution < -0.4 is 5.32 Å². The van der Waals surface area contributed by atoms with Gasteiger partial charge in [0.05, 0.1) is 23.1 Å². The van der Waals surface area contributed by atoms with E-state index in [0.717, 1.165) is 16.2 Å². The van der Waals surface area contributed by atoms with Crippen molar-refractivity contribution in [2.45, 2.75) is 6.42 Å². The molecule has 3 heterocycles. The van der Waals surface area contributed by atoms with E-state index in [1.165, 1.54) is 0 Å². The number of thiazole rings is 1. The topological polar surface area (TPSA) is 80.5 Å². The highest BCUT2D eigenvalue weighted by Gasteiger charge is 2.32. The Morgan fingerprint density at radius 1 is 1.29 bits per heavy atom. The molecule has 1 atom stereocenters. The second-order valence-electron chi connectivity index (χ2n) is 5.89. The fourth-order valence-electron chi connectivity index (χ4n) is 2.84. The molecular weight excluding hydrogens is 346 g/mol. The molecule has 1 aromatic carbocycles. The third-order valence-corrected chi connectivity index (χ3v) is 6.68. The summed E-state index contributed by atoms with van der Waals surface area (Å²) in [6, 6.07) is 7.41. The van der Waals surface area contributed by atoms with Crippen LogP contribution >= 0.6 is 11.3 Å². The standard InChI is InChI=1S/C16H15N3O3S2/c20-15(12-5-8-24(21,22)10-12)17-13-3-1-11(2-4-13)14-9-19-6-7-23-16(19)18-14/h1-4,6-7,9,12H,5,8,10H2,(H,17,20)/t12-/m0/s1. The normalized spacial score (nSPS) is 19.6. The first-order chi connectivity index (χ1) is 11.5. The summed E-state index contributed by atoms with van der Waals surface area (Å²) >= 11 is 1.57. The minimum absolute atomic E-state index is 0.0533. The number of nitrogens with zero attached hydrogens (tertiary/aromatic N) is 2. The first-order valence-electron chi connectivity index (χ1n) is 7.54. The largest absolute Gasteiger partial charge is 0.326 e. The Hall–Kier alpha value is -2.19. The van der Waals surface area contributed by atoms with Crippen LogP contribution in [0.5, 0.6) is 0 Å². The molecular formula is C16H15N3O3S2. The van der Waals surface area contributed by atoms with Crippen molar-refractivity contribution in [2.24, 2.45) is 5.92 Å². The molecule has 0 unspecified atom stereocenters. The van der Waals surface area contributed by atoms with Gasteiger partial charge in [-0.15, -0.1) is 11.3 Å². The minimum Gasteiger partial charge on any atom is -0.326 e. The predicted molar refractivity (Wildman–Crippen MR) is 93.9 cm³/mol. The van der Waals surface area contributed by atoms with Gasteiger partial charge in [-0.1, -0.05) is 12.1 Å². The van der Waals surface area contributed by atoms with Gasteiger partial charge in [0.1, 0.15) is 0 Å². The molecule has 0 spiro atoms. The number of imidazole rings is 1. The number of hydrogen-bond donors (Lipinski definition) is 1. The van der Waals surface area contributed by atoms with E-state index < -0.39 is 15.8 Å². The number of hydrogen-bond acceptors (Lipinski definition) is 5. The third-order valence-electron chi connectivity index (χ3n) is 4.14. The van der Waals surface area contributed by atoms with E-state index in [-0.39, 0.29) is 17.4 Å². The Morgan fingerprint density at radius 3 is 2.75 bits per heavy atom. The monoisotopic (exact) mass is 361 g/mol. The number of sulfone groups is 1. The summed E-state index contributed by atoms with van der Waals surface area (Å²) in [5, 5.41) is 4.78. The molecule has 0 radical (unpaired) electrons. The van der Waals surface area contributed by atoms with Crippen LogP contribution in [0.4, 0.5) is 5.69 Å². The van der Waals surface area contributed by atoms with Crippen LogP contribution in [0.3, 0.4) is 0 Å². The molecule has 6 nitrogen and oxygen atoms in total. The van der Waals surface area contributed by atoms with E-state index in [0.29, 0.717) is 12.1 Å². The summed E-state index contributed by atoms with van der Waals surface area (Å²) < 4.78 is 24.9. The molecule has 4 rings (SSSR count). The summed E-state index contributed by atoms with van der Waals surface area (Å²) in [5.41, 5.74) is 2.50. The van der Waals surface area contributed by atoms with Gasteiger partial charge in [-0.05, 0) is 18.6 Å². The summed E-state index contributed by atoms with van der Waals surface area (Å²) in [7, 11) is -3.05. The Kier molecular flexibility index (Phi) is 3.65. The molecule has 0 saturated carbocycles. The molecule has 2 aromatic heterocycles. The second kappa shape index (κ2) is 5.71. The van der Waals surface area contributed by atoms with Crippen molar-refractivity contribution >= 4 is 37.7 Å². The lowest BCUT2D eigenvalue weighted by molar-refractivity contribution is -0.119. The van der Waals surface area contributed by atoms with Crippen molar-refractivity contribution in [3.05, 3.63) is 42.0 Å². The molecule has 24 heavy (non-hydrogen) atoms. The molecule has 1 N–H and O–H groups in total. The lowest BCUT2D eigenvalue weighted by atomic mass is 10.1. The number of carbonyl (C=O) groups excluding carboxylic acids is 1. The molecule has 1 aliphatic heterocycles. The summed E-state index contributed by atoms with van der Waals surface area (Å²) in [4.78, 5) is 17.6. The fraction of sp³-hybridized carbons (Fsp3) is 0.250. The number of aromatic nitrogens is 2. The van der Waals surface area contributed by atoms with E-state index in [9.17, 15) is 13.2 Å². The third kappa shape index (κ3) is 2.94. The molecule has 1 amide bonds. The molecule has 1 fully saturated rings. The molecule has 124 valence electrons. The van der Waals surface area contributed by atoms with Gasteiger partial charge in [0.2, 0.25) is 5.91 Å². The number of carbonyl (C=O) groups is 1. The first kappa shape index (κ1) is 15.3. The van der Waals surface area contributed by atoms with Crippen LogP contribution in [-0.4, -0.2) is 35.2 Å². The zero-order chi connectivity index (χ0) is 16.7. The summed E-state index contributed by atoms with van der Waals surface area (Å²) in [6.07, 6.45) is 4.32. The lowest BCUT2D eigenvalue weighted by Gasteiger charge is -2.09. The molecule has 3 aromatic rings. The van der Waals surface area contributed by atoms with E-state index in [1.807, 2.05) is 46.4 Å². The number of rotatable bonds is 3. The quantitative estimate of drug-likeness (QED) is 0.777. The van der Waals surface area contributed by atoms with Crippen LogP contribution in [-0.2, 0) is 14.6 Å². The smallest absolute Gasteiger partial charge is 0.228 e. The number of nitrogens with one attached hydrogen (secondary N) is 1. The van der Waals surface area contributed by atoms with Gasteiger partial charge in [0, 0.05) is 29.0 Å². The Bertz CT molecular complexity index is 974. The van der Waals surface area contributed by atoms with Gasteiger partial charge in [0.25, 0.3) is 0 Å². The average Bonchev–Trinajstić information content (AvgIpc) is 3.22. The maximum Gasteiger partial charge on any atom is 0.228 e. The highest BCUT2D eigenvalue weighted by molar-refractivity contribution is 7.91. The highest BCUT2D eigenvalue weighted by Crippen LogP contribution is 2.24. The van der Waals surface area contributed by atoms with Gasteiger partial charge < -0.3 is 5.32 Å². The van der Waals surface area contributed by atoms with Crippen LogP contribution in [0.25, 0.3) is 16.2 Å². The van der Waals surface area contributed by atoms with E-state index in [2.05, 4.69) is 10.3 Å². The van der Waals surface area contributed by atoms with Gasteiger partial charge >= 0.3 is 0 Å². The maximum atomic E-state index is 12.2. The van der Waals surface area contributed by atoms with Crippen LogP contribution in [0.2, 0.25) is 0 Å². The number of anilines is 1. The Balaban J connectivity index is 1.48. The van der Waals surface area contributed by atoms with Crippen molar-refractivity contribution in [1.29, 1.82) is 0 Å². The molecule has 0 bridgehead atoms. The van der Waals surface area contributed by atoms with Gasteiger partial charge in [-0.25, -0.2) is 13.4 Å². The Labute approximate surface area is 143 Å². The summed E-state index contributed by atoms with van der Waals surface area (Å²) in [5.74, 6) is -0.634. The van der Waals surface area contributed by atoms with E-state index in [1.54, 1.807) is 11.3 Å². The highest BCUT2D eigenvalue weighted by atomic mass is 32.2. The van der Waals surface area contributed by atoms with Crippen molar-refractivity contribution < 1.29 is 13.2 Å². The minimum atomic E-state index is -3.05. The van der Waals surface area contributed by atoms with Gasteiger partial charge in [0.15, 0.2) is 14.8 Å².